The molecule has 10 heteroatoms. The van der Waals surface area contributed by atoms with Crippen LogP contribution in [0.15, 0.2) is 16.3 Å². The van der Waals surface area contributed by atoms with Crippen LogP contribution in [0, 0.1) is 5.92 Å². The second-order valence-electron chi connectivity index (χ2n) is 5.51. The summed E-state index contributed by atoms with van der Waals surface area (Å²) in [6, 6.07) is 1.91. The Morgan fingerprint density at radius 1 is 1.35 bits per heavy atom. The van der Waals surface area contributed by atoms with E-state index >= 15 is 0 Å². The molecule has 0 bridgehead atoms. The molecule has 5 nitrogen and oxygen atoms in total. The van der Waals surface area contributed by atoms with Crippen LogP contribution in [-0.2, 0) is 21.2 Å². The van der Waals surface area contributed by atoms with Crippen LogP contribution >= 0.6 is 11.3 Å². The van der Waals surface area contributed by atoms with Crippen LogP contribution in [0.2, 0.25) is 0 Å². The highest BCUT2D eigenvalue weighted by molar-refractivity contribution is 7.91. The van der Waals surface area contributed by atoms with Crippen molar-refractivity contribution in [3.63, 3.8) is 0 Å². The maximum atomic E-state index is 12.8. The van der Waals surface area contributed by atoms with Gasteiger partial charge in [-0.2, -0.15) is 13.2 Å². The number of hydrogen-bond donors (Lipinski definition) is 2. The Morgan fingerprint density at radius 3 is 2.65 bits per heavy atom. The SMILES string of the molecule is O=C(O)Cc1ccc(S(=O)(=O)N[C@@H]2CCC[C@@H](C(F)(F)F)C2)s1. The van der Waals surface area contributed by atoms with Gasteiger partial charge in [-0.15, -0.1) is 11.3 Å². The number of aliphatic carboxylic acids is 1. The second-order valence-corrected chi connectivity index (χ2v) is 8.62. The van der Waals surface area contributed by atoms with E-state index in [1.807, 2.05) is 0 Å². The Bertz CT molecular complexity index is 669. The Kier molecular flexibility index (Phi) is 5.37. The number of rotatable bonds is 5. The van der Waals surface area contributed by atoms with Crippen LogP contribution < -0.4 is 4.72 Å². The molecule has 0 aliphatic heterocycles. The molecule has 1 saturated carbocycles. The number of hydrogen-bond acceptors (Lipinski definition) is 4. The van der Waals surface area contributed by atoms with E-state index in [1.165, 1.54) is 12.1 Å². The van der Waals surface area contributed by atoms with Crippen LogP contribution in [0.3, 0.4) is 0 Å². The topological polar surface area (TPSA) is 83.5 Å². The zero-order valence-corrected chi connectivity index (χ0v) is 13.6. The minimum Gasteiger partial charge on any atom is -0.481 e. The first-order valence-corrected chi connectivity index (χ1v) is 9.27. The summed E-state index contributed by atoms with van der Waals surface area (Å²) in [5.74, 6) is -2.57. The number of thiophene rings is 1. The molecule has 1 aliphatic carbocycles. The molecule has 0 radical (unpaired) electrons. The molecule has 1 aliphatic rings. The molecule has 0 unspecified atom stereocenters. The lowest BCUT2D eigenvalue weighted by atomic mass is 9.86. The highest BCUT2D eigenvalue weighted by Crippen LogP contribution is 2.38. The monoisotopic (exact) mass is 371 g/mol. The first-order valence-electron chi connectivity index (χ1n) is 6.97. The molecular weight excluding hydrogens is 355 g/mol. The molecule has 1 aromatic rings. The number of halogens is 3. The molecule has 1 heterocycles. The summed E-state index contributed by atoms with van der Waals surface area (Å²) >= 11 is 0.810. The Balaban J connectivity index is 2.06. The Labute approximate surface area is 135 Å². The molecule has 2 N–H and O–H groups in total. The van der Waals surface area contributed by atoms with Gasteiger partial charge in [0.15, 0.2) is 0 Å². The lowest BCUT2D eigenvalue weighted by molar-refractivity contribution is -0.183. The molecule has 1 fully saturated rings. The summed E-state index contributed by atoms with van der Waals surface area (Å²) in [4.78, 5) is 11.0. The van der Waals surface area contributed by atoms with Crippen molar-refractivity contribution < 1.29 is 31.5 Å². The quantitative estimate of drug-likeness (QED) is 0.834. The predicted octanol–water partition coefficient (Wildman–Crippen LogP) is 2.77. The highest BCUT2D eigenvalue weighted by atomic mass is 32.2. The van der Waals surface area contributed by atoms with E-state index in [0.29, 0.717) is 17.7 Å². The standard InChI is InChI=1S/C13H16F3NO4S2/c14-13(15,16)8-2-1-3-9(6-8)17-23(20,21)12-5-4-10(22-12)7-11(18)19/h4-5,8-9,17H,1-3,6-7H2,(H,18,19)/t8-,9-/m1/s1. The molecule has 1 aromatic heterocycles. The zero-order chi connectivity index (χ0) is 17.3. The van der Waals surface area contributed by atoms with E-state index < -0.39 is 34.1 Å². The summed E-state index contributed by atoms with van der Waals surface area (Å²) in [5.41, 5.74) is 0. The smallest absolute Gasteiger partial charge is 0.391 e. The van der Waals surface area contributed by atoms with Gasteiger partial charge in [-0.1, -0.05) is 6.42 Å². The van der Waals surface area contributed by atoms with Crippen molar-refractivity contribution in [2.45, 2.75) is 48.5 Å². The minimum atomic E-state index is -4.32. The zero-order valence-electron chi connectivity index (χ0n) is 12.0. The highest BCUT2D eigenvalue weighted by Gasteiger charge is 2.42. The van der Waals surface area contributed by atoms with E-state index in [4.69, 9.17) is 5.11 Å². The maximum Gasteiger partial charge on any atom is 0.391 e. The molecular formula is C13H16F3NO4S2. The normalized spacial score (nSPS) is 22.9. The average molecular weight is 371 g/mol. The van der Waals surface area contributed by atoms with E-state index in [1.54, 1.807) is 0 Å². The lowest BCUT2D eigenvalue weighted by Gasteiger charge is -2.30. The van der Waals surface area contributed by atoms with Gasteiger partial charge in [0.25, 0.3) is 0 Å². The summed E-state index contributed by atoms with van der Waals surface area (Å²) in [7, 11) is -3.94. The number of nitrogens with one attached hydrogen (secondary N) is 1. The molecule has 0 spiro atoms. The number of alkyl halides is 3. The number of carboxylic acids is 1. The van der Waals surface area contributed by atoms with Gasteiger partial charge in [0.2, 0.25) is 10.0 Å². The predicted molar refractivity (Wildman–Crippen MR) is 77.8 cm³/mol. The largest absolute Gasteiger partial charge is 0.481 e. The summed E-state index contributed by atoms with van der Waals surface area (Å²) in [5, 5.41) is 8.68. The third-order valence-electron chi connectivity index (χ3n) is 3.69. The fourth-order valence-corrected chi connectivity index (χ4v) is 5.27. The summed E-state index contributed by atoms with van der Waals surface area (Å²) in [6.07, 6.45) is -4.19. The summed E-state index contributed by atoms with van der Waals surface area (Å²) < 4.78 is 65.0. The van der Waals surface area contributed by atoms with Gasteiger partial charge < -0.3 is 5.11 Å². The van der Waals surface area contributed by atoms with Gasteiger partial charge in [-0.3, -0.25) is 4.79 Å². The Morgan fingerprint density at radius 2 is 2.04 bits per heavy atom. The number of sulfonamides is 1. The van der Waals surface area contributed by atoms with Gasteiger partial charge in [0.1, 0.15) is 4.21 Å². The van der Waals surface area contributed by atoms with Gasteiger partial charge in [0, 0.05) is 10.9 Å². The average Bonchev–Trinajstić information content (AvgIpc) is 2.86. The fourth-order valence-electron chi connectivity index (χ4n) is 2.62. The van der Waals surface area contributed by atoms with Crippen molar-refractivity contribution in [2.24, 2.45) is 5.92 Å². The third kappa shape index (κ3) is 4.92. The molecule has 0 saturated heterocycles. The van der Waals surface area contributed by atoms with Gasteiger partial charge in [-0.05, 0) is 31.4 Å². The summed E-state index contributed by atoms with van der Waals surface area (Å²) in [6.45, 7) is 0. The van der Waals surface area contributed by atoms with E-state index in [2.05, 4.69) is 4.72 Å². The van der Waals surface area contributed by atoms with Gasteiger partial charge >= 0.3 is 12.1 Å². The van der Waals surface area contributed by atoms with Crippen molar-refractivity contribution in [1.82, 2.24) is 4.72 Å². The molecule has 2 rings (SSSR count). The van der Waals surface area contributed by atoms with E-state index in [0.717, 1.165) is 11.3 Å². The first-order chi connectivity index (χ1) is 10.6. The maximum absolute atomic E-state index is 12.8. The van der Waals surface area contributed by atoms with Crippen molar-refractivity contribution in [2.75, 3.05) is 0 Å². The molecule has 0 amide bonds. The van der Waals surface area contributed by atoms with Crippen LogP contribution in [0.4, 0.5) is 13.2 Å². The van der Waals surface area contributed by atoms with Crippen molar-refractivity contribution >= 4 is 27.3 Å². The molecule has 0 aromatic carbocycles. The molecule has 130 valence electrons. The van der Waals surface area contributed by atoms with Crippen molar-refractivity contribution in [3.8, 4) is 0 Å². The number of carboxylic acid groups (broad SMARTS) is 1. The van der Waals surface area contributed by atoms with Crippen LogP contribution in [0.1, 0.15) is 30.6 Å². The number of carbonyl (C=O) groups is 1. The third-order valence-corrected chi connectivity index (χ3v) is 6.78. The minimum absolute atomic E-state index is 0.0174. The van der Waals surface area contributed by atoms with Crippen LogP contribution in [0.5, 0.6) is 0 Å². The fraction of sp³-hybridized carbons (Fsp3) is 0.615. The van der Waals surface area contributed by atoms with E-state index in [9.17, 15) is 26.4 Å². The van der Waals surface area contributed by atoms with Crippen molar-refractivity contribution in [3.05, 3.63) is 17.0 Å². The van der Waals surface area contributed by atoms with E-state index in [-0.39, 0.29) is 23.5 Å². The van der Waals surface area contributed by atoms with Crippen molar-refractivity contribution in [1.29, 1.82) is 0 Å². The molecule has 23 heavy (non-hydrogen) atoms. The molecule has 2 atom stereocenters. The lowest BCUT2D eigenvalue weighted by Crippen LogP contribution is -2.41. The van der Waals surface area contributed by atoms with Crippen LogP contribution in [0.25, 0.3) is 0 Å². The Hall–Kier alpha value is -1.13. The van der Waals surface area contributed by atoms with Gasteiger partial charge in [0.05, 0.1) is 12.3 Å². The van der Waals surface area contributed by atoms with Crippen LogP contribution in [-0.4, -0.2) is 31.7 Å². The van der Waals surface area contributed by atoms with Gasteiger partial charge in [-0.25, -0.2) is 13.1 Å². The second kappa shape index (κ2) is 6.78. The first kappa shape index (κ1) is 18.2.